The molecular formula is C15H29N3O3. The summed E-state index contributed by atoms with van der Waals surface area (Å²) in [7, 11) is 0. The van der Waals surface area contributed by atoms with Crippen LogP contribution in [0.2, 0.25) is 0 Å². The van der Waals surface area contributed by atoms with Gasteiger partial charge in [0.1, 0.15) is 0 Å². The number of hydrogen-bond donors (Lipinski definition) is 3. The highest BCUT2D eigenvalue weighted by Gasteiger charge is 2.17. The molecule has 1 aliphatic heterocycles. The molecule has 2 unspecified atom stereocenters. The van der Waals surface area contributed by atoms with Crippen LogP contribution < -0.4 is 10.6 Å². The standard InChI is InChI=1S/C15H29N3O3/c1-12(7-6-8-14(19)20)17-15(21)16-11-13(2)18-9-4-3-5-10-18/h12-13H,3-11H2,1-2H3,(H,19,20)(H2,16,17,21). The normalized spacial score (nSPS) is 18.8. The number of carbonyl (C=O) groups is 2. The first-order chi connectivity index (χ1) is 9.99. The van der Waals surface area contributed by atoms with Crippen molar-refractivity contribution in [1.82, 2.24) is 15.5 Å². The maximum absolute atomic E-state index is 11.8. The summed E-state index contributed by atoms with van der Waals surface area (Å²) >= 11 is 0. The van der Waals surface area contributed by atoms with Crippen molar-refractivity contribution < 1.29 is 14.7 Å². The Morgan fingerprint density at radius 3 is 2.48 bits per heavy atom. The van der Waals surface area contributed by atoms with Crippen molar-refractivity contribution in [2.45, 2.75) is 64.5 Å². The highest BCUT2D eigenvalue weighted by molar-refractivity contribution is 5.74. The van der Waals surface area contributed by atoms with E-state index in [0.717, 1.165) is 13.1 Å². The molecule has 0 saturated carbocycles. The van der Waals surface area contributed by atoms with Crippen molar-refractivity contribution in [3.8, 4) is 0 Å². The third kappa shape index (κ3) is 7.90. The average molecular weight is 299 g/mol. The molecule has 0 bridgehead atoms. The van der Waals surface area contributed by atoms with Gasteiger partial charge in [0.2, 0.25) is 0 Å². The zero-order valence-corrected chi connectivity index (χ0v) is 13.2. The van der Waals surface area contributed by atoms with E-state index in [0.29, 0.717) is 25.4 Å². The maximum atomic E-state index is 11.8. The third-order valence-electron chi connectivity index (χ3n) is 3.98. The predicted octanol–water partition coefficient (Wildman–Crippen LogP) is 1.80. The van der Waals surface area contributed by atoms with E-state index >= 15 is 0 Å². The number of nitrogens with one attached hydrogen (secondary N) is 2. The molecule has 1 heterocycles. The minimum atomic E-state index is -0.790. The van der Waals surface area contributed by atoms with Crippen LogP contribution in [0.25, 0.3) is 0 Å². The first kappa shape index (κ1) is 17.8. The number of carboxylic acids is 1. The lowest BCUT2D eigenvalue weighted by Gasteiger charge is -2.32. The van der Waals surface area contributed by atoms with E-state index in [-0.39, 0.29) is 18.5 Å². The van der Waals surface area contributed by atoms with Crippen molar-refractivity contribution in [2.24, 2.45) is 0 Å². The van der Waals surface area contributed by atoms with Crippen molar-refractivity contribution in [1.29, 1.82) is 0 Å². The monoisotopic (exact) mass is 299 g/mol. The van der Waals surface area contributed by atoms with E-state index in [1.54, 1.807) is 0 Å². The zero-order chi connectivity index (χ0) is 15.7. The lowest BCUT2D eigenvalue weighted by atomic mass is 10.1. The lowest BCUT2D eigenvalue weighted by Crippen LogP contribution is -2.48. The van der Waals surface area contributed by atoms with Gasteiger partial charge in [-0.05, 0) is 52.6 Å². The van der Waals surface area contributed by atoms with Crippen LogP contribution in [0, 0.1) is 0 Å². The summed E-state index contributed by atoms with van der Waals surface area (Å²) < 4.78 is 0. The van der Waals surface area contributed by atoms with E-state index in [9.17, 15) is 9.59 Å². The van der Waals surface area contributed by atoms with Crippen molar-refractivity contribution >= 4 is 12.0 Å². The molecule has 122 valence electrons. The van der Waals surface area contributed by atoms with E-state index in [1.165, 1.54) is 19.3 Å². The summed E-state index contributed by atoms with van der Waals surface area (Å²) in [5.74, 6) is -0.790. The SMILES string of the molecule is CC(CCCC(=O)O)NC(=O)NCC(C)N1CCCCC1. The van der Waals surface area contributed by atoms with Gasteiger partial charge in [-0.2, -0.15) is 0 Å². The van der Waals surface area contributed by atoms with Crippen LogP contribution in [0.5, 0.6) is 0 Å². The second kappa shape index (κ2) is 9.60. The minimum Gasteiger partial charge on any atom is -0.481 e. The summed E-state index contributed by atoms with van der Waals surface area (Å²) in [5, 5.41) is 14.3. The molecule has 2 amide bonds. The van der Waals surface area contributed by atoms with Gasteiger partial charge in [0.05, 0.1) is 0 Å². The fourth-order valence-corrected chi connectivity index (χ4v) is 2.64. The summed E-state index contributed by atoms with van der Waals surface area (Å²) in [5.41, 5.74) is 0. The van der Waals surface area contributed by atoms with Gasteiger partial charge in [0.15, 0.2) is 0 Å². The molecule has 0 spiro atoms. The number of carbonyl (C=O) groups excluding carboxylic acids is 1. The number of piperidine rings is 1. The van der Waals surface area contributed by atoms with Gasteiger partial charge in [0.25, 0.3) is 0 Å². The molecule has 0 aliphatic carbocycles. The topological polar surface area (TPSA) is 81.7 Å². The van der Waals surface area contributed by atoms with E-state index in [4.69, 9.17) is 5.11 Å². The Labute approximate surface area is 127 Å². The minimum absolute atomic E-state index is 0.00496. The van der Waals surface area contributed by atoms with Crippen molar-refractivity contribution in [3.05, 3.63) is 0 Å². The van der Waals surface area contributed by atoms with Crippen molar-refractivity contribution in [3.63, 3.8) is 0 Å². The average Bonchev–Trinajstić information content (AvgIpc) is 2.45. The molecule has 6 heteroatoms. The Bertz CT molecular complexity index is 330. The first-order valence-electron chi connectivity index (χ1n) is 7.99. The molecule has 6 nitrogen and oxygen atoms in total. The number of nitrogens with zero attached hydrogens (tertiary/aromatic N) is 1. The summed E-state index contributed by atoms with van der Waals surface area (Å²) in [6, 6.07) is 0.190. The highest BCUT2D eigenvalue weighted by atomic mass is 16.4. The fourth-order valence-electron chi connectivity index (χ4n) is 2.64. The first-order valence-corrected chi connectivity index (χ1v) is 7.99. The Hall–Kier alpha value is -1.30. The molecule has 1 fully saturated rings. The predicted molar refractivity (Wildman–Crippen MR) is 82.4 cm³/mol. The summed E-state index contributed by atoms with van der Waals surface area (Å²) in [6.45, 7) is 6.93. The lowest BCUT2D eigenvalue weighted by molar-refractivity contribution is -0.137. The molecular weight excluding hydrogens is 270 g/mol. The summed E-state index contributed by atoms with van der Waals surface area (Å²) in [6.07, 6.45) is 5.22. The molecule has 2 atom stereocenters. The number of rotatable bonds is 8. The molecule has 0 aromatic heterocycles. The van der Waals surface area contributed by atoms with Gasteiger partial charge in [0, 0.05) is 25.0 Å². The number of urea groups is 1. The Morgan fingerprint density at radius 1 is 1.19 bits per heavy atom. The maximum Gasteiger partial charge on any atom is 0.315 e. The van der Waals surface area contributed by atoms with E-state index in [2.05, 4.69) is 22.5 Å². The van der Waals surface area contributed by atoms with Gasteiger partial charge in [-0.1, -0.05) is 6.42 Å². The van der Waals surface area contributed by atoms with Crippen LogP contribution >= 0.6 is 0 Å². The molecule has 3 N–H and O–H groups in total. The quantitative estimate of drug-likeness (QED) is 0.638. The number of aliphatic carboxylic acids is 1. The van der Waals surface area contributed by atoms with Gasteiger partial charge in [-0.3, -0.25) is 9.69 Å². The second-order valence-corrected chi connectivity index (χ2v) is 5.99. The fraction of sp³-hybridized carbons (Fsp3) is 0.867. The van der Waals surface area contributed by atoms with Crippen molar-refractivity contribution in [2.75, 3.05) is 19.6 Å². The molecule has 1 rings (SSSR count). The van der Waals surface area contributed by atoms with E-state index < -0.39 is 5.97 Å². The van der Waals surface area contributed by atoms with Crippen LogP contribution in [0.1, 0.15) is 52.4 Å². The Kier molecular flexibility index (Phi) is 8.12. The number of amides is 2. The van der Waals surface area contributed by atoms with E-state index in [1.807, 2.05) is 6.92 Å². The summed E-state index contributed by atoms with van der Waals surface area (Å²) in [4.78, 5) is 24.6. The Balaban J connectivity index is 2.13. The van der Waals surface area contributed by atoms with Crippen LogP contribution in [-0.4, -0.2) is 53.7 Å². The molecule has 0 aromatic carbocycles. The zero-order valence-electron chi connectivity index (χ0n) is 13.2. The van der Waals surface area contributed by atoms with Crippen LogP contribution in [-0.2, 0) is 4.79 Å². The highest BCUT2D eigenvalue weighted by Crippen LogP contribution is 2.11. The molecule has 0 aromatic rings. The molecule has 1 aliphatic rings. The number of carboxylic acid groups (broad SMARTS) is 1. The van der Waals surface area contributed by atoms with Crippen LogP contribution in [0.15, 0.2) is 0 Å². The van der Waals surface area contributed by atoms with Crippen LogP contribution in [0.4, 0.5) is 4.79 Å². The molecule has 1 saturated heterocycles. The third-order valence-corrected chi connectivity index (χ3v) is 3.98. The van der Waals surface area contributed by atoms with Gasteiger partial charge < -0.3 is 15.7 Å². The largest absolute Gasteiger partial charge is 0.481 e. The number of hydrogen-bond acceptors (Lipinski definition) is 3. The Morgan fingerprint density at radius 2 is 1.86 bits per heavy atom. The molecule has 21 heavy (non-hydrogen) atoms. The number of likely N-dealkylation sites (tertiary alicyclic amines) is 1. The van der Waals surface area contributed by atoms with Gasteiger partial charge in [-0.25, -0.2) is 4.79 Å². The van der Waals surface area contributed by atoms with Gasteiger partial charge in [-0.15, -0.1) is 0 Å². The smallest absolute Gasteiger partial charge is 0.315 e. The van der Waals surface area contributed by atoms with Crippen LogP contribution in [0.3, 0.4) is 0 Å². The second-order valence-electron chi connectivity index (χ2n) is 5.99. The van der Waals surface area contributed by atoms with Gasteiger partial charge >= 0.3 is 12.0 Å². The molecule has 0 radical (unpaired) electrons.